The maximum Gasteiger partial charge on any atom is 0.124 e. The Labute approximate surface area is 121 Å². The second-order valence-corrected chi connectivity index (χ2v) is 5.89. The Morgan fingerprint density at radius 2 is 1.85 bits per heavy atom. The Balaban J connectivity index is 1.84. The minimum absolute atomic E-state index is 0.286. The third-order valence-corrected chi connectivity index (χ3v) is 4.28. The van der Waals surface area contributed by atoms with Crippen molar-refractivity contribution in [3.05, 3.63) is 29.8 Å². The number of nitrogens with zero attached hydrogens (tertiary/aromatic N) is 1. The Morgan fingerprint density at radius 3 is 2.55 bits per heavy atom. The fraction of sp³-hybridized carbons (Fsp3) is 0.625. The van der Waals surface area contributed by atoms with E-state index in [2.05, 4.69) is 42.3 Å². The van der Waals surface area contributed by atoms with Crippen LogP contribution in [0.25, 0.3) is 0 Å². The summed E-state index contributed by atoms with van der Waals surface area (Å²) in [6, 6.07) is 9.02. The molecule has 110 valence electrons. The zero-order chi connectivity index (χ0) is 14.1. The second-order valence-electron chi connectivity index (χ2n) is 5.89. The number of para-hydroxylation sites is 1. The van der Waals surface area contributed by atoms with E-state index in [1.54, 1.807) is 0 Å². The molecule has 4 heteroatoms. The monoisotopic (exact) mass is 276 g/mol. The molecule has 0 radical (unpaired) electrons. The number of hydrogen-bond donors (Lipinski definition) is 1. The molecule has 20 heavy (non-hydrogen) atoms. The molecule has 0 amide bonds. The highest BCUT2D eigenvalue weighted by Crippen LogP contribution is 2.34. The summed E-state index contributed by atoms with van der Waals surface area (Å²) in [6.07, 6.45) is 0.571. The lowest BCUT2D eigenvalue weighted by Crippen LogP contribution is -2.56. The zero-order valence-electron chi connectivity index (χ0n) is 12.5. The molecule has 1 N–H and O–H groups in total. The third-order valence-electron chi connectivity index (χ3n) is 4.28. The molecular formula is C16H24N2O2. The fourth-order valence-electron chi connectivity index (χ4n) is 3.50. The van der Waals surface area contributed by atoms with Crippen molar-refractivity contribution >= 4 is 0 Å². The van der Waals surface area contributed by atoms with Crippen LogP contribution in [0.5, 0.6) is 5.75 Å². The Hall–Kier alpha value is -1.10. The van der Waals surface area contributed by atoms with Crippen molar-refractivity contribution in [2.75, 3.05) is 26.7 Å². The van der Waals surface area contributed by atoms with E-state index in [9.17, 15) is 0 Å². The van der Waals surface area contributed by atoms with Gasteiger partial charge in [-0.25, -0.2) is 0 Å². The maximum absolute atomic E-state index is 5.97. The van der Waals surface area contributed by atoms with Crippen LogP contribution in [0.2, 0.25) is 0 Å². The van der Waals surface area contributed by atoms with Crippen molar-refractivity contribution in [1.82, 2.24) is 10.2 Å². The Kier molecular flexibility index (Phi) is 3.96. The number of benzene rings is 1. The second kappa shape index (κ2) is 5.72. The number of ether oxygens (including phenoxy) is 2. The van der Waals surface area contributed by atoms with Crippen molar-refractivity contribution in [2.45, 2.75) is 38.1 Å². The summed E-state index contributed by atoms with van der Waals surface area (Å²) in [5, 5.41) is 3.47. The zero-order valence-corrected chi connectivity index (χ0v) is 12.5. The van der Waals surface area contributed by atoms with Crippen molar-refractivity contribution in [2.24, 2.45) is 0 Å². The molecule has 0 aliphatic carbocycles. The summed E-state index contributed by atoms with van der Waals surface area (Å²) in [6.45, 7) is 6.97. The van der Waals surface area contributed by atoms with E-state index in [4.69, 9.17) is 9.47 Å². The maximum atomic E-state index is 5.97. The number of rotatable bonds is 2. The largest absolute Gasteiger partial charge is 0.492 e. The molecule has 3 rings (SSSR count). The predicted molar refractivity (Wildman–Crippen MR) is 79.1 cm³/mol. The highest BCUT2D eigenvalue weighted by atomic mass is 16.5. The van der Waals surface area contributed by atoms with Crippen LogP contribution in [-0.2, 0) is 4.74 Å². The van der Waals surface area contributed by atoms with Gasteiger partial charge in [0.2, 0.25) is 0 Å². The van der Waals surface area contributed by atoms with Crippen molar-refractivity contribution in [3.63, 3.8) is 0 Å². The number of morpholine rings is 1. The lowest BCUT2D eigenvalue weighted by atomic mass is 9.94. The molecule has 0 saturated carbocycles. The lowest BCUT2D eigenvalue weighted by molar-refractivity contribution is -0.0910. The quantitative estimate of drug-likeness (QED) is 0.893. The standard InChI is InChI=1S/C16H24N2O2/c1-11-8-18(9-12(2)20-11)14-10-19-15-7-5-4-6-13(15)16(14)17-3/h4-7,11-12,14,16-17H,8-10H2,1-3H3. The number of likely N-dealkylation sites (N-methyl/N-ethyl adjacent to an activating group) is 1. The molecule has 0 spiro atoms. The molecule has 1 fully saturated rings. The predicted octanol–water partition coefficient (Wildman–Crippen LogP) is 1.82. The van der Waals surface area contributed by atoms with Gasteiger partial charge >= 0.3 is 0 Å². The van der Waals surface area contributed by atoms with Crippen LogP contribution in [0.3, 0.4) is 0 Å². The first-order valence-corrected chi connectivity index (χ1v) is 7.47. The molecule has 2 aliphatic heterocycles. The minimum Gasteiger partial charge on any atom is -0.492 e. The number of fused-ring (bicyclic) bond motifs is 1. The van der Waals surface area contributed by atoms with Gasteiger partial charge in [-0.3, -0.25) is 4.90 Å². The van der Waals surface area contributed by atoms with E-state index in [-0.39, 0.29) is 12.2 Å². The molecule has 0 bridgehead atoms. The van der Waals surface area contributed by atoms with Crippen molar-refractivity contribution in [3.8, 4) is 5.75 Å². The van der Waals surface area contributed by atoms with Gasteiger partial charge in [0.1, 0.15) is 12.4 Å². The molecule has 2 heterocycles. The molecule has 4 atom stereocenters. The smallest absolute Gasteiger partial charge is 0.124 e. The van der Waals surface area contributed by atoms with Gasteiger partial charge in [-0.2, -0.15) is 0 Å². The SMILES string of the molecule is CNC1c2ccccc2OCC1N1CC(C)OC(C)C1. The summed E-state index contributed by atoms with van der Waals surface area (Å²) < 4.78 is 11.8. The molecule has 1 aromatic carbocycles. The van der Waals surface area contributed by atoms with Crippen LogP contribution in [-0.4, -0.2) is 49.9 Å². The van der Waals surface area contributed by atoms with Crippen molar-refractivity contribution in [1.29, 1.82) is 0 Å². The van der Waals surface area contributed by atoms with Gasteiger partial charge < -0.3 is 14.8 Å². The van der Waals surface area contributed by atoms with Gasteiger partial charge in [-0.15, -0.1) is 0 Å². The summed E-state index contributed by atoms with van der Waals surface area (Å²) >= 11 is 0. The van der Waals surface area contributed by atoms with Gasteiger partial charge in [0.25, 0.3) is 0 Å². The van der Waals surface area contributed by atoms with E-state index >= 15 is 0 Å². The van der Waals surface area contributed by atoms with Crippen molar-refractivity contribution < 1.29 is 9.47 Å². The Bertz CT molecular complexity index is 456. The first kappa shape index (κ1) is 13.9. The highest BCUT2D eigenvalue weighted by Gasteiger charge is 2.37. The molecular weight excluding hydrogens is 252 g/mol. The van der Waals surface area contributed by atoms with Crippen LogP contribution < -0.4 is 10.1 Å². The number of hydrogen-bond acceptors (Lipinski definition) is 4. The average Bonchev–Trinajstić information content (AvgIpc) is 2.45. The molecule has 4 nitrogen and oxygen atoms in total. The summed E-state index contributed by atoms with van der Waals surface area (Å²) in [5.41, 5.74) is 1.26. The van der Waals surface area contributed by atoms with E-state index in [1.165, 1.54) is 5.56 Å². The van der Waals surface area contributed by atoms with Crippen LogP contribution in [0.1, 0.15) is 25.5 Å². The summed E-state index contributed by atoms with van der Waals surface area (Å²) in [4.78, 5) is 2.51. The highest BCUT2D eigenvalue weighted by molar-refractivity contribution is 5.38. The Morgan fingerprint density at radius 1 is 1.15 bits per heavy atom. The van der Waals surface area contributed by atoms with Gasteiger partial charge in [0, 0.05) is 18.7 Å². The van der Waals surface area contributed by atoms with E-state index in [0.717, 1.165) is 25.4 Å². The van der Waals surface area contributed by atoms with Crippen LogP contribution >= 0.6 is 0 Å². The third kappa shape index (κ3) is 2.55. The van der Waals surface area contributed by atoms with Crippen LogP contribution in [0.15, 0.2) is 24.3 Å². The first-order chi connectivity index (χ1) is 9.69. The van der Waals surface area contributed by atoms with Crippen LogP contribution in [0, 0.1) is 0 Å². The van der Waals surface area contributed by atoms with Gasteiger partial charge in [-0.1, -0.05) is 18.2 Å². The van der Waals surface area contributed by atoms with E-state index < -0.39 is 0 Å². The molecule has 4 unspecified atom stereocenters. The minimum atomic E-state index is 0.286. The summed E-state index contributed by atoms with van der Waals surface area (Å²) in [5.74, 6) is 1.01. The van der Waals surface area contributed by atoms with E-state index in [0.29, 0.717) is 12.1 Å². The first-order valence-electron chi connectivity index (χ1n) is 7.47. The average molecular weight is 276 g/mol. The van der Waals surface area contributed by atoms with E-state index in [1.807, 2.05) is 13.1 Å². The van der Waals surface area contributed by atoms with Gasteiger partial charge in [0.05, 0.1) is 24.3 Å². The normalized spacial score (nSPS) is 34.4. The molecule has 1 aromatic rings. The van der Waals surface area contributed by atoms with Gasteiger partial charge in [0.15, 0.2) is 0 Å². The molecule has 2 aliphatic rings. The fourth-order valence-corrected chi connectivity index (χ4v) is 3.50. The number of nitrogens with one attached hydrogen (secondary N) is 1. The molecule has 1 saturated heterocycles. The van der Waals surface area contributed by atoms with Gasteiger partial charge in [-0.05, 0) is 27.0 Å². The van der Waals surface area contributed by atoms with Crippen LogP contribution in [0.4, 0.5) is 0 Å². The summed E-state index contributed by atoms with van der Waals surface area (Å²) in [7, 11) is 2.03. The molecule has 0 aromatic heterocycles. The lowest BCUT2D eigenvalue weighted by Gasteiger charge is -2.45. The topological polar surface area (TPSA) is 33.7 Å².